The van der Waals surface area contributed by atoms with E-state index in [0.717, 1.165) is 22.4 Å². The molecule has 0 atom stereocenters. The second kappa shape index (κ2) is 7.15. The quantitative estimate of drug-likeness (QED) is 0.815. The van der Waals surface area contributed by atoms with E-state index < -0.39 is 10.0 Å². The lowest BCUT2D eigenvalue weighted by Gasteiger charge is -2.18. The lowest BCUT2D eigenvalue weighted by Crippen LogP contribution is -2.31. The Bertz CT molecular complexity index is 767. The van der Waals surface area contributed by atoms with Crippen LogP contribution in [-0.4, -0.2) is 32.9 Å². The zero-order valence-corrected chi connectivity index (χ0v) is 14.9. The summed E-state index contributed by atoms with van der Waals surface area (Å²) < 4.78 is 32.0. The molecular weight excluding hydrogens is 310 g/mol. The molecule has 0 fully saturated rings. The van der Waals surface area contributed by atoms with Gasteiger partial charge in [0.05, 0.1) is 4.90 Å². The Morgan fingerprint density at radius 1 is 0.957 bits per heavy atom. The van der Waals surface area contributed by atoms with Crippen LogP contribution in [0.4, 0.5) is 0 Å². The Balaban J connectivity index is 2.00. The summed E-state index contributed by atoms with van der Waals surface area (Å²) >= 11 is 0. The van der Waals surface area contributed by atoms with E-state index >= 15 is 0 Å². The SMILES string of the molecule is Cc1ccc(S(=O)(=O)N(C)CCOc2cc(C)ccc2C)cc1. The molecule has 124 valence electrons. The molecule has 0 spiro atoms. The van der Waals surface area contributed by atoms with Gasteiger partial charge in [-0.2, -0.15) is 4.31 Å². The van der Waals surface area contributed by atoms with Crippen LogP contribution in [-0.2, 0) is 10.0 Å². The maximum atomic E-state index is 12.5. The summed E-state index contributed by atoms with van der Waals surface area (Å²) in [5.74, 6) is 0.797. The number of sulfonamides is 1. The largest absolute Gasteiger partial charge is 0.492 e. The van der Waals surface area contributed by atoms with Crippen LogP contribution in [0, 0.1) is 20.8 Å². The van der Waals surface area contributed by atoms with Crippen LogP contribution in [0.2, 0.25) is 0 Å². The molecule has 0 unspecified atom stereocenters. The second-order valence-corrected chi connectivity index (χ2v) is 7.80. The van der Waals surface area contributed by atoms with Gasteiger partial charge >= 0.3 is 0 Å². The van der Waals surface area contributed by atoms with Gasteiger partial charge in [0.1, 0.15) is 12.4 Å². The maximum Gasteiger partial charge on any atom is 0.242 e. The van der Waals surface area contributed by atoms with Crippen molar-refractivity contribution in [3.8, 4) is 5.75 Å². The van der Waals surface area contributed by atoms with Crippen molar-refractivity contribution in [3.63, 3.8) is 0 Å². The number of benzene rings is 2. The summed E-state index contributed by atoms with van der Waals surface area (Å²) in [6, 6.07) is 12.8. The lowest BCUT2D eigenvalue weighted by atomic mass is 10.1. The molecule has 0 saturated carbocycles. The van der Waals surface area contributed by atoms with E-state index in [1.54, 1.807) is 31.3 Å². The highest BCUT2D eigenvalue weighted by molar-refractivity contribution is 7.89. The normalized spacial score (nSPS) is 11.7. The van der Waals surface area contributed by atoms with Crippen LogP contribution in [0.3, 0.4) is 0 Å². The van der Waals surface area contributed by atoms with Crippen molar-refractivity contribution >= 4 is 10.0 Å². The third-order valence-electron chi connectivity index (χ3n) is 3.74. The third-order valence-corrected chi connectivity index (χ3v) is 5.61. The van der Waals surface area contributed by atoms with Gasteiger partial charge in [0.2, 0.25) is 10.0 Å². The molecule has 2 rings (SSSR count). The zero-order valence-electron chi connectivity index (χ0n) is 14.0. The predicted molar refractivity (Wildman–Crippen MR) is 92.4 cm³/mol. The Labute approximate surface area is 138 Å². The first kappa shape index (κ1) is 17.5. The second-order valence-electron chi connectivity index (χ2n) is 5.76. The number of nitrogens with zero attached hydrogens (tertiary/aromatic N) is 1. The van der Waals surface area contributed by atoms with Crippen molar-refractivity contribution in [1.29, 1.82) is 0 Å². The fourth-order valence-corrected chi connectivity index (χ4v) is 3.31. The molecule has 0 bridgehead atoms. The van der Waals surface area contributed by atoms with Crippen LogP contribution < -0.4 is 4.74 Å². The van der Waals surface area contributed by atoms with E-state index in [1.165, 1.54) is 4.31 Å². The monoisotopic (exact) mass is 333 g/mol. The van der Waals surface area contributed by atoms with E-state index in [2.05, 4.69) is 0 Å². The molecule has 2 aromatic carbocycles. The van der Waals surface area contributed by atoms with Gasteiger partial charge < -0.3 is 4.74 Å². The molecule has 2 aromatic rings. The lowest BCUT2D eigenvalue weighted by molar-refractivity contribution is 0.285. The van der Waals surface area contributed by atoms with E-state index in [-0.39, 0.29) is 0 Å². The van der Waals surface area contributed by atoms with Gasteiger partial charge in [-0.3, -0.25) is 0 Å². The summed E-state index contributed by atoms with van der Waals surface area (Å²) in [6.07, 6.45) is 0. The average Bonchev–Trinajstić information content (AvgIpc) is 2.51. The molecule has 0 amide bonds. The van der Waals surface area contributed by atoms with Crippen LogP contribution in [0.5, 0.6) is 5.75 Å². The molecule has 23 heavy (non-hydrogen) atoms. The van der Waals surface area contributed by atoms with Crippen molar-refractivity contribution in [3.05, 3.63) is 59.2 Å². The van der Waals surface area contributed by atoms with E-state index in [0.29, 0.717) is 18.0 Å². The van der Waals surface area contributed by atoms with Gasteiger partial charge in [-0.1, -0.05) is 29.8 Å². The first-order chi connectivity index (χ1) is 10.8. The van der Waals surface area contributed by atoms with Gasteiger partial charge in [0.25, 0.3) is 0 Å². The van der Waals surface area contributed by atoms with Crippen molar-refractivity contribution in [1.82, 2.24) is 4.31 Å². The number of likely N-dealkylation sites (N-methyl/N-ethyl adjacent to an activating group) is 1. The minimum Gasteiger partial charge on any atom is -0.492 e. The van der Waals surface area contributed by atoms with Gasteiger partial charge in [0.15, 0.2) is 0 Å². The zero-order chi connectivity index (χ0) is 17.0. The van der Waals surface area contributed by atoms with Gasteiger partial charge in [-0.05, 0) is 50.1 Å². The smallest absolute Gasteiger partial charge is 0.242 e. The molecule has 0 aliphatic carbocycles. The van der Waals surface area contributed by atoms with Crippen molar-refractivity contribution in [2.24, 2.45) is 0 Å². The topological polar surface area (TPSA) is 46.6 Å². The molecule has 0 heterocycles. The molecule has 0 aromatic heterocycles. The summed E-state index contributed by atoms with van der Waals surface area (Å²) in [4.78, 5) is 0.303. The Hall–Kier alpha value is -1.85. The first-order valence-electron chi connectivity index (χ1n) is 7.54. The molecule has 0 saturated heterocycles. The van der Waals surface area contributed by atoms with Crippen molar-refractivity contribution in [2.45, 2.75) is 25.7 Å². The Morgan fingerprint density at radius 2 is 1.57 bits per heavy atom. The van der Waals surface area contributed by atoms with Crippen molar-refractivity contribution < 1.29 is 13.2 Å². The van der Waals surface area contributed by atoms with E-state index in [1.807, 2.05) is 39.0 Å². The number of hydrogen-bond acceptors (Lipinski definition) is 3. The minimum atomic E-state index is -3.48. The molecular formula is C18H23NO3S. The summed E-state index contributed by atoms with van der Waals surface area (Å²) in [7, 11) is -1.90. The molecule has 0 N–H and O–H groups in total. The average molecular weight is 333 g/mol. The fraction of sp³-hybridized carbons (Fsp3) is 0.333. The van der Waals surface area contributed by atoms with Gasteiger partial charge in [-0.25, -0.2) is 8.42 Å². The molecule has 4 nitrogen and oxygen atoms in total. The first-order valence-corrected chi connectivity index (χ1v) is 8.98. The minimum absolute atomic E-state index is 0.295. The van der Waals surface area contributed by atoms with Gasteiger partial charge in [-0.15, -0.1) is 0 Å². The highest BCUT2D eigenvalue weighted by atomic mass is 32.2. The summed E-state index contributed by atoms with van der Waals surface area (Å²) in [5.41, 5.74) is 3.19. The summed E-state index contributed by atoms with van der Waals surface area (Å²) in [5, 5.41) is 0. The number of hydrogen-bond donors (Lipinski definition) is 0. The van der Waals surface area contributed by atoms with E-state index in [4.69, 9.17) is 4.74 Å². The fourth-order valence-electron chi connectivity index (χ4n) is 2.16. The molecule has 0 radical (unpaired) electrons. The predicted octanol–water partition coefficient (Wildman–Crippen LogP) is 3.31. The number of ether oxygens (including phenoxy) is 1. The molecule has 0 aliphatic rings. The molecule has 5 heteroatoms. The van der Waals surface area contributed by atoms with Crippen molar-refractivity contribution in [2.75, 3.05) is 20.2 Å². The van der Waals surface area contributed by atoms with Crippen LogP contribution in [0.25, 0.3) is 0 Å². The maximum absolute atomic E-state index is 12.5. The highest BCUT2D eigenvalue weighted by Crippen LogP contribution is 2.19. The number of rotatable bonds is 6. The van der Waals surface area contributed by atoms with Crippen LogP contribution in [0.15, 0.2) is 47.4 Å². The Kier molecular flexibility index (Phi) is 5.44. The Morgan fingerprint density at radius 3 is 2.22 bits per heavy atom. The van der Waals surface area contributed by atoms with Crippen LogP contribution >= 0.6 is 0 Å². The van der Waals surface area contributed by atoms with Gasteiger partial charge in [0, 0.05) is 13.6 Å². The number of aryl methyl sites for hydroxylation is 3. The molecule has 0 aliphatic heterocycles. The third kappa shape index (κ3) is 4.33. The van der Waals surface area contributed by atoms with Crippen LogP contribution in [0.1, 0.15) is 16.7 Å². The highest BCUT2D eigenvalue weighted by Gasteiger charge is 2.20. The van der Waals surface area contributed by atoms with E-state index in [9.17, 15) is 8.42 Å². The standard InChI is InChI=1S/C18H23NO3S/c1-14-6-9-17(10-7-14)23(20,21)19(4)11-12-22-18-13-15(2)5-8-16(18)3/h5-10,13H,11-12H2,1-4H3. The summed E-state index contributed by atoms with van der Waals surface area (Å²) in [6.45, 7) is 6.51.